The fourth-order valence-corrected chi connectivity index (χ4v) is 2.52. The third kappa shape index (κ3) is 5.94. The molecule has 6 heteroatoms. The molecule has 2 rings (SSSR count). The van der Waals surface area contributed by atoms with Crippen LogP contribution in [0.25, 0.3) is 0 Å². The molecule has 1 heterocycles. The molecule has 0 bridgehead atoms. The second-order valence-corrected chi connectivity index (χ2v) is 6.19. The molecule has 1 fully saturated rings. The highest BCUT2D eigenvalue weighted by atomic mass is 16.5. The lowest BCUT2D eigenvalue weighted by Crippen LogP contribution is -3.12. The Morgan fingerprint density at radius 1 is 1.25 bits per heavy atom. The van der Waals surface area contributed by atoms with Crippen molar-refractivity contribution in [1.29, 1.82) is 0 Å². The second-order valence-electron chi connectivity index (χ2n) is 6.19. The van der Waals surface area contributed by atoms with E-state index in [-0.39, 0.29) is 18.6 Å². The minimum atomic E-state index is -0.473. The molecule has 0 unspecified atom stereocenters. The van der Waals surface area contributed by atoms with Gasteiger partial charge < -0.3 is 19.7 Å². The van der Waals surface area contributed by atoms with Crippen molar-refractivity contribution in [2.45, 2.75) is 32.9 Å². The largest absolute Gasteiger partial charge is 0.452 e. The van der Waals surface area contributed by atoms with Crippen LogP contribution in [-0.4, -0.2) is 50.8 Å². The molecule has 0 aliphatic carbocycles. The van der Waals surface area contributed by atoms with E-state index >= 15 is 0 Å². The lowest BCUT2D eigenvalue weighted by Gasteiger charge is -2.23. The summed E-state index contributed by atoms with van der Waals surface area (Å²) >= 11 is 0. The van der Waals surface area contributed by atoms with E-state index in [1.807, 2.05) is 26.0 Å². The minimum Gasteiger partial charge on any atom is -0.452 e. The molecule has 1 aromatic rings. The highest BCUT2D eigenvalue weighted by molar-refractivity contribution is 5.91. The molecule has 1 atom stereocenters. The van der Waals surface area contributed by atoms with Crippen molar-refractivity contribution in [3.05, 3.63) is 35.4 Å². The van der Waals surface area contributed by atoms with E-state index in [4.69, 9.17) is 9.47 Å². The number of amides is 1. The predicted molar refractivity (Wildman–Crippen MR) is 89.8 cm³/mol. The van der Waals surface area contributed by atoms with E-state index < -0.39 is 5.97 Å². The topological polar surface area (TPSA) is 69.1 Å². The smallest absolute Gasteiger partial charge is 0.338 e. The molecule has 1 saturated heterocycles. The zero-order chi connectivity index (χ0) is 17.4. The number of morpholine rings is 1. The maximum atomic E-state index is 12.0. The number of carbonyl (C=O) groups excluding carboxylic acids is 2. The van der Waals surface area contributed by atoms with Crippen molar-refractivity contribution >= 4 is 11.9 Å². The second kappa shape index (κ2) is 9.39. The van der Waals surface area contributed by atoms with Gasteiger partial charge in [-0.2, -0.15) is 0 Å². The summed E-state index contributed by atoms with van der Waals surface area (Å²) in [6.07, 6.45) is 0.840. The molecular formula is C18H27N2O4+. The zero-order valence-corrected chi connectivity index (χ0v) is 14.5. The van der Waals surface area contributed by atoms with Crippen LogP contribution in [0, 0.1) is 0 Å². The monoisotopic (exact) mass is 335 g/mol. The van der Waals surface area contributed by atoms with Gasteiger partial charge in [0, 0.05) is 11.6 Å². The Bertz CT molecular complexity index is 538. The predicted octanol–water partition coefficient (Wildman–Crippen LogP) is 0.173. The number of ether oxygens (including phenoxy) is 2. The van der Waals surface area contributed by atoms with Crippen molar-refractivity contribution < 1.29 is 24.0 Å². The molecule has 0 spiro atoms. The quantitative estimate of drug-likeness (QED) is 0.697. The van der Waals surface area contributed by atoms with Crippen molar-refractivity contribution in [3.8, 4) is 0 Å². The molecule has 6 nitrogen and oxygen atoms in total. The zero-order valence-electron chi connectivity index (χ0n) is 14.5. The van der Waals surface area contributed by atoms with Crippen LogP contribution in [0.4, 0.5) is 0 Å². The number of rotatable bonds is 7. The fourth-order valence-electron chi connectivity index (χ4n) is 2.52. The van der Waals surface area contributed by atoms with Crippen molar-refractivity contribution in [2.24, 2.45) is 0 Å². The van der Waals surface area contributed by atoms with Crippen LogP contribution in [0.15, 0.2) is 24.3 Å². The van der Waals surface area contributed by atoms with Gasteiger partial charge in [-0.15, -0.1) is 0 Å². The number of quaternary nitrogens is 1. The summed E-state index contributed by atoms with van der Waals surface area (Å²) in [5.41, 5.74) is 1.64. The third-order valence-electron chi connectivity index (χ3n) is 4.20. The standard InChI is InChI=1S/C18H26N2O4/c1-3-14(2)19-17(21)13-24-18(22)16-6-4-15(5-7-16)12-20-8-10-23-11-9-20/h4-7,14H,3,8-13H2,1-2H3,(H,19,21)/p+1/t14-/m0/s1. The molecule has 0 aromatic heterocycles. The van der Waals surface area contributed by atoms with E-state index in [1.165, 1.54) is 10.5 Å². The SMILES string of the molecule is CC[C@H](C)NC(=O)COC(=O)c1ccc(C[NH+]2CCOCC2)cc1. The van der Waals surface area contributed by atoms with E-state index in [1.54, 1.807) is 12.1 Å². The van der Waals surface area contributed by atoms with Crippen LogP contribution in [-0.2, 0) is 20.8 Å². The van der Waals surface area contributed by atoms with Crippen molar-refractivity contribution in [2.75, 3.05) is 32.9 Å². The highest BCUT2D eigenvalue weighted by Gasteiger charge is 2.15. The average molecular weight is 335 g/mol. The lowest BCUT2D eigenvalue weighted by molar-refractivity contribution is -0.921. The number of esters is 1. The normalized spacial score (nSPS) is 16.4. The lowest BCUT2D eigenvalue weighted by atomic mass is 10.1. The summed E-state index contributed by atoms with van der Waals surface area (Å²) < 4.78 is 10.4. The summed E-state index contributed by atoms with van der Waals surface area (Å²) in [5, 5.41) is 2.76. The van der Waals surface area contributed by atoms with Crippen molar-refractivity contribution in [3.63, 3.8) is 0 Å². The number of hydrogen-bond acceptors (Lipinski definition) is 4. The van der Waals surface area contributed by atoms with Gasteiger partial charge in [-0.1, -0.05) is 19.1 Å². The molecule has 24 heavy (non-hydrogen) atoms. The number of carbonyl (C=O) groups is 2. The minimum absolute atomic E-state index is 0.0816. The third-order valence-corrected chi connectivity index (χ3v) is 4.20. The Hall–Kier alpha value is -1.92. The van der Waals surface area contributed by atoms with Gasteiger partial charge in [0.2, 0.25) is 0 Å². The molecule has 1 amide bonds. The van der Waals surface area contributed by atoms with E-state index in [0.29, 0.717) is 5.56 Å². The first-order chi connectivity index (χ1) is 11.6. The van der Waals surface area contributed by atoms with Gasteiger partial charge in [0.15, 0.2) is 6.61 Å². The first-order valence-electron chi connectivity index (χ1n) is 8.55. The summed E-state index contributed by atoms with van der Waals surface area (Å²) in [6.45, 7) is 8.20. The number of nitrogens with one attached hydrogen (secondary N) is 2. The molecule has 1 aromatic carbocycles. The Labute approximate surface area is 143 Å². The van der Waals surface area contributed by atoms with Crippen LogP contribution in [0.1, 0.15) is 36.2 Å². The van der Waals surface area contributed by atoms with Gasteiger partial charge in [-0.05, 0) is 25.5 Å². The van der Waals surface area contributed by atoms with Gasteiger partial charge in [-0.25, -0.2) is 4.79 Å². The Balaban J connectivity index is 1.79. The molecule has 1 aliphatic rings. The molecular weight excluding hydrogens is 308 g/mol. The molecule has 1 aliphatic heterocycles. The first kappa shape index (κ1) is 18.4. The molecule has 132 valence electrons. The van der Waals surface area contributed by atoms with E-state index in [2.05, 4.69) is 5.32 Å². The van der Waals surface area contributed by atoms with Gasteiger partial charge >= 0.3 is 5.97 Å². The Morgan fingerprint density at radius 2 is 1.92 bits per heavy atom. The summed E-state index contributed by atoms with van der Waals surface area (Å²) in [4.78, 5) is 25.1. The van der Waals surface area contributed by atoms with Gasteiger partial charge in [-0.3, -0.25) is 4.79 Å². The summed E-state index contributed by atoms with van der Waals surface area (Å²) in [7, 11) is 0. The summed E-state index contributed by atoms with van der Waals surface area (Å²) in [5.74, 6) is -0.746. The Kier molecular flexibility index (Phi) is 7.21. The van der Waals surface area contributed by atoms with E-state index in [9.17, 15) is 9.59 Å². The van der Waals surface area contributed by atoms with Gasteiger partial charge in [0.1, 0.15) is 19.6 Å². The summed E-state index contributed by atoms with van der Waals surface area (Å²) in [6, 6.07) is 7.48. The van der Waals surface area contributed by atoms with Crippen LogP contribution in [0.2, 0.25) is 0 Å². The first-order valence-corrected chi connectivity index (χ1v) is 8.55. The van der Waals surface area contributed by atoms with Gasteiger partial charge in [0.05, 0.1) is 18.8 Å². The number of benzene rings is 1. The van der Waals surface area contributed by atoms with Crippen molar-refractivity contribution in [1.82, 2.24) is 5.32 Å². The fraction of sp³-hybridized carbons (Fsp3) is 0.556. The van der Waals surface area contributed by atoms with E-state index in [0.717, 1.165) is 39.3 Å². The molecule has 0 saturated carbocycles. The van der Waals surface area contributed by atoms with Crippen LogP contribution in [0.3, 0.4) is 0 Å². The van der Waals surface area contributed by atoms with Gasteiger partial charge in [0.25, 0.3) is 5.91 Å². The maximum Gasteiger partial charge on any atom is 0.338 e. The molecule has 2 N–H and O–H groups in total. The van der Waals surface area contributed by atoms with Crippen LogP contribution in [0.5, 0.6) is 0 Å². The maximum absolute atomic E-state index is 12.0. The van der Waals surface area contributed by atoms with Crippen LogP contribution >= 0.6 is 0 Å². The average Bonchev–Trinajstić information content (AvgIpc) is 2.61. The van der Waals surface area contributed by atoms with Crippen LogP contribution < -0.4 is 10.2 Å². The molecule has 0 radical (unpaired) electrons. The number of hydrogen-bond donors (Lipinski definition) is 2. The highest BCUT2D eigenvalue weighted by Crippen LogP contribution is 2.05. The Morgan fingerprint density at radius 3 is 2.54 bits per heavy atom.